The van der Waals surface area contributed by atoms with E-state index in [1.165, 1.54) is 5.56 Å². The first-order valence-corrected chi connectivity index (χ1v) is 7.40. The summed E-state index contributed by atoms with van der Waals surface area (Å²) >= 11 is 4.95. The minimum atomic E-state index is -0.198. The minimum Gasteiger partial charge on any atom is -0.388 e. The standard InChI is InChI=1S/C15H20N4OS/c1-10-5-6-12(9-11(10)2)17-18-13(14(16)21)15(20)19-7-3-4-8-19/h5-6,9,17H,3-4,7-8H2,1-2H3,(H2,16,21). The summed E-state index contributed by atoms with van der Waals surface area (Å²) in [4.78, 5) is 14.1. The molecular weight excluding hydrogens is 284 g/mol. The number of hydrogen-bond donors (Lipinski definition) is 2. The van der Waals surface area contributed by atoms with Gasteiger partial charge in [-0.2, -0.15) is 5.10 Å². The lowest BCUT2D eigenvalue weighted by atomic mass is 10.1. The summed E-state index contributed by atoms with van der Waals surface area (Å²) in [6, 6.07) is 5.87. The fourth-order valence-corrected chi connectivity index (χ4v) is 2.34. The van der Waals surface area contributed by atoms with Crippen molar-refractivity contribution in [3.05, 3.63) is 29.3 Å². The van der Waals surface area contributed by atoms with Gasteiger partial charge in [0.05, 0.1) is 5.69 Å². The van der Waals surface area contributed by atoms with Gasteiger partial charge in [-0.25, -0.2) is 0 Å². The van der Waals surface area contributed by atoms with Gasteiger partial charge >= 0.3 is 0 Å². The van der Waals surface area contributed by atoms with E-state index in [9.17, 15) is 4.79 Å². The number of anilines is 1. The Balaban J connectivity index is 2.15. The second kappa shape index (κ2) is 6.67. The number of nitrogens with zero attached hydrogens (tertiary/aromatic N) is 2. The number of rotatable bonds is 4. The van der Waals surface area contributed by atoms with Crippen LogP contribution in [-0.2, 0) is 4.79 Å². The van der Waals surface area contributed by atoms with E-state index in [4.69, 9.17) is 18.0 Å². The highest BCUT2D eigenvalue weighted by Crippen LogP contribution is 2.14. The van der Waals surface area contributed by atoms with Crippen LogP contribution in [0.3, 0.4) is 0 Å². The van der Waals surface area contributed by atoms with Crippen molar-refractivity contribution in [1.29, 1.82) is 0 Å². The molecule has 0 spiro atoms. The van der Waals surface area contributed by atoms with Crippen molar-refractivity contribution in [3.63, 3.8) is 0 Å². The average molecular weight is 304 g/mol. The van der Waals surface area contributed by atoms with E-state index in [-0.39, 0.29) is 16.6 Å². The van der Waals surface area contributed by atoms with Crippen LogP contribution in [0.15, 0.2) is 23.3 Å². The maximum atomic E-state index is 12.3. The van der Waals surface area contributed by atoms with Crippen molar-refractivity contribution in [2.24, 2.45) is 10.8 Å². The third-order valence-electron chi connectivity index (χ3n) is 3.63. The first-order chi connectivity index (χ1) is 9.99. The molecule has 0 bridgehead atoms. The molecule has 112 valence electrons. The van der Waals surface area contributed by atoms with Crippen LogP contribution in [0, 0.1) is 13.8 Å². The van der Waals surface area contributed by atoms with Crippen LogP contribution in [0.4, 0.5) is 5.69 Å². The van der Waals surface area contributed by atoms with E-state index in [1.54, 1.807) is 4.90 Å². The molecule has 0 saturated carbocycles. The highest BCUT2D eigenvalue weighted by Gasteiger charge is 2.24. The van der Waals surface area contributed by atoms with Gasteiger partial charge in [0.1, 0.15) is 4.99 Å². The molecule has 6 heteroatoms. The summed E-state index contributed by atoms with van der Waals surface area (Å²) in [6.45, 7) is 5.54. The second-order valence-corrected chi connectivity index (χ2v) is 5.67. The molecule has 5 nitrogen and oxygen atoms in total. The van der Waals surface area contributed by atoms with Crippen molar-refractivity contribution in [2.45, 2.75) is 26.7 Å². The van der Waals surface area contributed by atoms with Gasteiger partial charge < -0.3 is 10.6 Å². The third kappa shape index (κ3) is 3.78. The molecule has 1 amide bonds. The number of carbonyl (C=O) groups is 1. The highest BCUT2D eigenvalue weighted by atomic mass is 32.1. The number of hydrazone groups is 1. The van der Waals surface area contributed by atoms with Gasteiger partial charge in [0.15, 0.2) is 5.71 Å². The number of thiocarbonyl (C=S) groups is 1. The summed E-state index contributed by atoms with van der Waals surface area (Å²) in [7, 11) is 0. The number of nitrogens with one attached hydrogen (secondary N) is 1. The van der Waals surface area contributed by atoms with Crippen LogP contribution in [0.25, 0.3) is 0 Å². The minimum absolute atomic E-state index is 0.0169. The molecule has 1 aromatic rings. The Morgan fingerprint density at radius 2 is 1.95 bits per heavy atom. The lowest BCUT2D eigenvalue weighted by molar-refractivity contribution is -0.122. The number of likely N-dealkylation sites (tertiary alicyclic amines) is 1. The van der Waals surface area contributed by atoms with E-state index in [0.29, 0.717) is 0 Å². The lowest BCUT2D eigenvalue weighted by Crippen LogP contribution is -2.40. The zero-order valence-corrected chi connectivity index (χ0v) is 13.2. The van der Waals surface area contributed by atoms with Crippen molar-refractivity contribution < 1.29 is 4.79 Å². The molecule has 3 N–H and O–H groups in total. The molecule has 0 aliphatic carbocycles. The van der Waals surface area contributed by atoms with E-state index in [2.05, 4.69) is 10.5 Å². The molecule has 21 heavy (non-hydrogen) atoms. The second-order valence-electron chi connectivity index (χ2n) is 5.23. The monoisotopic (exact) mass is 304 g/mol. The molecule has 1 aromatic carbocycles. The summed E-state index contributed by atoms with van der Waals surface area (Å²) in [5.74, 6) is -0.198. The molecule has 0 unspecified atom stereocenters. The molecule has 1 aliphatic rings. The van der Waals surface area contributed by atoms with Crippen LogP contribution in [-0.4, -0.2) is 34.6 Å². The normalized spacial score (nSPS) is 15.1. The maximum Gasteiger partial charge on any atom is 0.277 e. The summed E-state index contributed by atoms with van der Waals surface area (Å²) in [5, 5.41) is 4.12. The SMILES string of the molecule is Cc1ccc(NN=C(C(=O)N2CCCC2)C(N)=S)cc1C. The zero-order valence-electron chi connectivity index (χ0n) is 12.3. The Labute approximate surface area is 130 Å². The Morgan fingerprint density at radius 1 is 1.29 bits per heavy atom. The molecular formula is C15H20N4OS. The Bertz CT molecular complexity index is 591. The predicted molar refractivity (Wildman–Crippen MR) is 89.6 cm³/mol. The van der Waals surface area contributed by atoms with Gasteiger partial charge in [0.2, 0.25) is 0 Å². The van der Waals surface area contributed by atoms with Gasteiger partial charge in [0, 0.05) is 13.1 Å². The maximum absolute atomic E-state index is 12.3. The first-order valence-electron chi connectivity index (χ1n) is 6.99. The van der Waals surface area contributed by atoms with Gasteiger partial charge in [-0.1, -0.05) is 18.3 Å². The number of benzene rings is 1. The number of hydrogen-bond acceptors (Lipinski definition) is 4. The highest BCUT2D eigenvalue weighted by molar-refractivity contribution is 7.82. The van der Waals surface area contributed by atoms with Crippen molar-refractivity contribution in [2.75, 3.05) is 18.5 Å². The van der Waals surface area contributed by atoms with Crippen LogP contribution in [0.2, 0.25) is 0 Å². The molecule has 1 fully saturated rings. The fourth-order valence-electron chi connectivity index (χ4n) is 2.21. The average Bonchev–Trinajstić information content (AvgIpc) is 2.96. The Morgan fingerprint density at radius 3 is 2.52 bits per heavy atom. The smallest absolute Gasteiger partial charge is 0.277 e. The van der Waals surface area contributed by atoms with Gasteiger partial charge in [-0.3, -0.25) is 10.2 Å². The van der Waals surface area contributed by atoms with Gasteiger partial charge in [-0.15, -0.1) is 0 Å². The van der Waals surface area contributed by atoms with E-state index >= 15 is 0 Å². The summed E-state index contributed by atoms with van der Waals surface area (Å²) < 4.78 is 0. The number of aryl methyl sites for hydroxylation is 2. The van der Waals surface area contributed by atoms with Crippen molar-refractivity contribution >= 4 is 34.5 Å². The van der Waals surface area contributed by atoms with Crippen molar-refractivity contribution in [3.8, 4) is 0 Å². The summed E-state index contributed by atoms with van der Waals surface area (Å²) in [5.41, 5.74) is 11.8. The molecule has 1 saturated heterocycles. The van der Waals surface area contributed by atoms with Crippen LogP contribution in [0.5, 0.6) is 0 Å². The Hall–Kier alpha value is -1.95. The lowest BCUT2D eigenvalue weighted by Gasteiger charge is -2.16. The molecule has 1 heterocycles. The van der Waals surface area contributed by atoms with E-state index < -0.39 is 0 Å². The molecule has 0 aromatic heterocycles. The molecule has 2 rings (SSSR count). The number of carbonyl (C=O) groups excluding carboxylic acids is 1. The zero-order chi connectivity index (χ0) is 15.4. The predicted octanol–water partition coefficient (Wildman–Crippen LogP) is 1.98. The van der Waals surface area contributed by atoms with Crippen molar-refractivity contribution in [1.82, 2.24) is 4.90 Å². The van der Waals surface area contributed by atoms with Crippen LogP contribution >= 0.6 is 12.2 Å². The Kier molecular flexibility index (Phi) is 4.90. The molecule has 0 atom stereocenters. The fraction of sp³-hybridized carbons (Fsp3) is 0.400. The van der Waals surface area contributed by atoms with E-state index in [1.807, 2.05) is 32.0 Å². The topological polar surface area (TPSA) is 70.7 Å². The van der Waals surface area contributed by atoms with E-state index in [0.717, 1.165) is 37.2 Å². The van der Waals surface area contributed by atoms with Gasteiger partial charge in [-0.05, 0) is 49.9 Å². The van der Waals surface area contributed by atoms with Crippen LogP contribution in [0.1, 0.15) is 24.0 Å². The summed E-state index contributed by atoms with van der Waals surface area (Å²) in [6.07, 6.45) is 2.03. The molecule has 0 radical (unpaired) electrons. The van der Waals surface area contributed by atoms with Gasteiger partial charge in [0.25, 0.3) is 5.91 Å². The quantitative estimate of drug-likeness (QED) is 0.507. The van der Waals surface area contributed by atoms with Crippen LogP contribution < -0.4 is 11.2 Å². The largest absolute Gasteiger partial charge is 0.388 e. The number of nitrogens with two attached hydrogens (primary N) is 1. The molecule has 1 aliphatic heterocycles. The first kappa shape index (κ1) is 15.4. The number of amides is 1. The third-order valence-corrected chi connectivity index (χ3v) is 3.83.